The average Bonchev–Trinajstić information content (AvgIpc) is 2.47. The number of nitrogens with one attached hydrogen (secondary N) is 1. The summed E-state index contributed by atoms with van der Waals surface area (Å²) in [6, 6.07) is 8.14. The third-order valence-corrected chi connectivity index (χ3v) is 4.18. The fourth-order valence-corrected chi connectivity index (χ4v) is 2.68. The van der Waals surface area contributed by atoms with Gasteiger partial charge in [0.05, 0.1) is 5.92 Å². The highest BCUT2D eigenvalue weighted by atomic mass is 32.2. The summed E-state index contributed by atoms with van der Waals surface area (Å²) >= 11 is 1.71. The number of rotatable bonds is 3. The normalized spacial score (nSPS) is 19.6. The monoisotopic (exact) mass is 264 g/mol. The van der Waals surface area contributed by atoms with Gasteiger partial charge in [-0.2, -0.15) is 0 Å². The summed E-state index contributed by atoms with van der Waals surface area (Å²) in [5.74, 6) is 0.350. The van der Waals surface area contributed by atoms with Gasteiger partial charge in [-0.25, -0.2) is 0 Å². The number of piperidine rings is 1. The van der Waals surface area contributed by atoms with Crippen molar-refractivity contribution in [2.24, 2.45) is 5.92 Å². The Balaban J connectivity index is 2.04. The number of nitrogens with zero attached hydrogens (tertiary/aromatic N) is 1. The van der Waals surface area contributed by atoms with Gasteiger partial charge in [0.2, 0.25) is 5.91 Å². The number of benzene rings is 1. The van der Waals surface area contributed by atoms with Crippen molar-refractivity contribution < 1.29 is 4.79 Å². The molecule has 4 heteroatoms. The van der Waals surface area contributed by atoms with Crippen molar-refractivity contribution in [3.05, 3.63) is 24.3 Å². The number of hydrogen-bond acceptors (Lipinski definition) is 3. The number of hydrogen-bond donors (Lipinski definition) is 1. The number of carbonyl (C=O) groups is 1. The van der Waals surface area contributed by atoms with Crippen LogP contribution in [0.5, 0.6) is 0 Å². The number of amides is 1. The molecule has 1 aromatic rings. The SMILES string of the molecule is CSc1ccc(N(C)C(=O)C2CCCNC2)cc1. The van der Waals surface area contributed by atoms with Crippen molar-refractivity contribution in [1.82, 2.24) is 5.32 Å². The zero-order valence-electron chi connectivity index (χ0n) is 11.0. The van der Waals surface area contributed by atoms with E-state index in [1.807, 2.05) is 19.2 Å². The van der Waals surface area contributed by atoms with Crippen LogP contribution in [0.2, 0.25) is 0 Å². The predicted octanol–water partition coefficient (Wildman–Crippen LogP) is 2.37. The van der Waals surface area contributed by atoms with Gasteiger partial charge in [0.1, 0.15) is 0 Å². The van der Waals surface area contributed by atoms with Crippen LogP contribution < -0.4 is 10.2 Å². The molecule has 2 rings (SSSR count). The summed E-state index contributed by atoms with van der Waals surface area (Å²) in [5, 5.41) is 3.29. The first-order valence-electron chi connectivity index (χ1n) is 6.34. The topological polar surface area (TPSA) is 32.3 Å². The molecule has 1 heterocycles. The smallest absolute Gasteiger partial charge is 0.231 e. The van der Waals surface area contributed by atoms with E-state index in [4.69, 9.17) is 0 Å². The molecule has 1 aliphatic heterocycles. The fraction of sp³-hybridized carbons (Fsp3) is 0.500. The van der Waals surface area contributed by atoms with E-state index in [0.29, 0.717) is 0 Å². The summed E-state index contributed by atoms with van der Waals surface area (Å²) in [4.78, 5) is 15.3. The molecule has 0 spiro atoms. The van der Waals surface area contributed by atoms with Gasteiger partial charge < -0.3 is 10.2 Å². The molecule has 1 aromatic carbocycles. The lowest BCUT2D eigenvalue weighted by Crippen LogP contribution is -2.41. The first-order valence-corrected chi connectivity index (χ1v) is 7.57. The van der Waals surface area contributed by atoms with E-state index < -0.39 is 0 Å². The molecule has 0 aliphatic carbocycles. The second-order valence-corrected chi connectivity index (χ2v) is 5.52. The van der Waals surface area contributed by atoms with Crippen molar-refractivity contribution >= 4 is 23.4 Å². The first kappa shape index (κ1) is 13.4. The third kappa shape index (κ3) is 3.06. The van der Waals surface area contributed by atoms with Crippen molar-refractivity contribution in [2.75, 3.05) is 31.3 Å². The summed E-state index contributed by atoms with van der Waals surface area (Å²) < 4.78 is 0. The van der Waals surface area contributed by atoms with Gasteiger partial charge in [-0.3, -0.25) is 4.79 Å². The summed E-state index contributed by atoms with van der Waals surface area (Å²) in [7, 11) is 1.87. The Labute approximate surface area is 113 Å². The molecule has 0 aromatic heterocycles. The van der Waals surface area contributed by atoms with Crippen LogP contribution in [0, 0.1) is 5.92 Å². The molecule has 3 nitrogen and oxygen atoms in total. The molecule has 1 fully saturated rings. The Morgan fingerprint density at radius 2 is 2.11 bits per heavy atom. The van der Waals surface area contributed by atoms with Gasteiger partial charge in [0, 0.05) is 24.2 Å². The van der Waals surface area contributed by atoms with Gasteiger partial charge >= 0.3 is 0 Å². The van der Waals surface area contributed by atoms with Crippen LogP contribution in [0.1, 0.15) is 12.8 Å². The Morgan fingerprint density at radius 3 is 2.67 bits per heavy atom. The summed E-state index contributed by atoms with van der Waals surface area (Å²) in [6.07, 6.45) is 4.15. The Morgan fingerprint density at radius 1 is 1.39 bits per heavy atom. The molecule has 1 amide bonds. The zero-order chi connectivity index (χ0) is 13.0. The lowest BCUT2D eigenvalue weighted by atomic mass is 9.98. The maximum atomic E-state index is 12.3. The van der Waals surface area contributed by atoms with Crippen molar-refractivity contribution in [2.45, 2.75) is 17.7 Å². The van der Waals surface area contributed by atoms with Crippen molar-refractivity contribution in [3.63, 3.8) is 0 Å². The molecular weight excluding hydrogens is 244 g/mol. The van der Waals surface area contributed by atoms with E-state index in [1.165, 1.54) is 4.90 Å². The highest BCUT2D eigenvalue weighted by molar-refractivity contribution is 7.98. The molecule has 1 saturated heterocycles. The Hall–Kier alpha value is -1.00. The maximum Gasteiger partial charge on any atom is 0.231 e. The number of thioether (sulfide) groups is 1. The molecule has 1 atom stereocenters. The fourth-order valence-electron chi connectivity index (χ4n) is 2.27. The van der Waals surface area contributed by atoms with Gasteiger partial charge in [-0.05, 0) is 49.9 Å². The van der Waals surface area contributed by atoms with E-state index in [2.05, 4.69) is 23.7 Å². The molecule has 0 bridgehead atoms. The van der Waals surface area contributed by atoms with E-state index in [-0.39, 0.29) is 11.8 Å². The van der Waals surface area contributed by atoms with Crippen LogP contribution in [0.3, 0.4) is 0 Å². The molecule has 1 N–H and O–H groups in total. The highest BCUT2D eigenvalue weighted by Gasteiger charge is 2.24. The summed E-state index contributed by atoms with van der Waals surface area (Å²) in [6.45, 7) is 1.85. The standard InChI is InChI=1S/C14H20N2OS/c1-16(12-5-7-13(18-2)8-6-12)14(17)11-4-3-9-15-10-11/h5-8,11,15H,3-4,9-10H2,1-2H3. The van der Waals surface area contributed by atoms with Gasteiger partial charge in [0.15, 0.2) is 0 Å². The van der Waals surface area contributed by atoms with Crippen LogP contribution in [0.4, 0.5) is 5.69 Å². The molecule has 0 radical (unpaired) electrons. The minimum Gasteiger partial charge on any atom is -0.316 e. The van der Waals surface area contributed by atoms with Gasteiger partial charge in [0.25, 0.3) is 0 Å². The van der Waals surface area contributed by atoms with E-state index in [1.54, 1.807) is 16.7 Å². The Kier molecular flexibility index (Phi) is 4.66. The average molecular weight is 264 g/mol. The third-order valence-electron chi connectivity index (χ3n) is 3.44. The van der Waals surface area contributed by atoms with Crippen LogP contribution in [-0.2, 0) is 4.79 Å². The maximum absolute atomic E-state index is 12.3. The molecule has 1 aliphatic rings. The number of carbonyl (C=O) groups excluding carboxylic acids is 1. The highest BCUT2D eigenvalue weighted by Crippen LogP contribution is 2.22. The minimum absolute atomic E-state index is 0.129. The molecule has 18 heavy (non-hydrogen) atoms. The summed E-state index contributed by atoms with van der Waals surface area (Å²) in [5.41, 5.74) is 0.975. The quantitative estimate of drug-likeness (QED) is 0.851. The minimum atomic E-state index is 0.129. The van der Waals surface area contributed by atoms with Gasteiger partial charge in [-0.15, -0.1) is 11.8 Å². The molecule has 1 unspecified atom stereocenters. The lowest BCUT2D eigenvalue weighted by Gasteiger charge is -2.27. The van der Waals surface area contributed by atoms with Crippen LogP contribution in [0.15, 0.2) is 29.2 Å². The molecular formula is C14H20N2OS. The largest absolute Gasteiger partial charge is 0.316 e. The van der Waals surface area contributed by atoms with E-state index >= 15 is 0 Å². The van der Waals surface area contributed by atoms with Crippen LogP contribution >= 0.6 is 11.8 Å². The second kappa shape index (κ2) is 6.25. The van der Waals surface area contributed by atoms with Crippen molar-refractivity contribution in [3.8, 4) is 0 Å². The van der Waals surface area contributed by atoms with E-state index in [0.717, 1.165) is 31.6 Å². The van der Waals surface area contributed by atoms with Gasteiger partial charge in [-0.1, -0.05) is 0 Å². The predicted molar refractivity (Wildman–Crippen MR) is 77.2 cm³/mol. The number of anilines is 1. The van der Waals surface area contributed by atoms with E-state index in [9.17, 15) is 4.79 Å². The van der Waals surface area contributed by atoms with Crippen LogP contribution in [0.25, 0.3) is 0 Å². The first-order chi connectivity index (χ1) is 8.72. The molecule has 0 saturated carbocycles. The van der Waals surface area contributed by atoms with Crippen LogP contribution in [-0.4, -0.2) is 32.3 Å². The molecule has 98 valence electrons. The lowest BCUT2D eigenvalue weighted by molar-refractivity contribution is -0.122. The zero-order valence-corrected chi connectivity index (χ0v) is 11.8. The second-order valence-electron chi connectivity index (χ2n) is 4.64. The Bertz CT molecular complexity index is 399. The van der Waals surface area contributed by atoms with Crippen molar-refractivity contribution in [1.29, 1.82) is 0 Å².